The van der Waals surface area contributed by atoms with E-state index in [2.05, 4.69) is 9.98 Å². The van der Waals surface area contributed by atoms with E-state index < -0.39 is 0 Å². The number of nitrogens with zero attached hydrogens (tertiary/aromatic N) is 2. The molecule has 2 aromatic carbocycles. The molecular weight excluding hydrogens is 343 g/mol. The van der Waals surface area contributed by atoms with E-state index in [4.69, 9.17) is 34.7 Å². The second-order valence-corrected chi connectivity index (χ2v) is 5.97. The van der Waals surface area contributed by atoms with Gasteiger partial charge in [0.25, 0.3) is 0 Å². The van der Waals surface area contributed by atoms with Gasteiger partial charge in [0.2, 0.25) is 0 Å². The van der Waals surface area contributed by atoms with Crippen molar-refractivity contribution in [3.8, 4) is 0 Å². The molecule has 2 aromatic rings. The Bertz CT molecular complexity index is 820. The molecular formula is C18H14Cl2N4. The van der Waals surface area contributed by atoms with Crippen LogP contribution in [0.1, 0.15) is 0 Å². The SMILES string of the molecule is Nc1ccc(N=C2C=CC(=Nc3ccc(N)c(Cl)c3)C=C2)cc1Cl. The highest BCUT2D eigenvalue weighted by Crippen LogP contribution is 2.26. The number of nitrogen functional groups attached to an aromatic ring is 2. The Hall–Kier alpha value is -2.56. The third-order valence-electron chi connectivity index (χ3n) is 3.33. The van der Waals surface area contributed by atoms with Gasteiger partial charge in [0.05, 0.1) is 44.2 Å². The molecule has 0 heterocycles. The molecule has 0 aromatic heterocycles. The lowest BCUT2D eigenvalue weighted by molar-refractivity contribution is 1.50. The van der Waals surface area contributed by atoms with Crippen molar-refractivity contribution in [1.29, 1.82) is 0 Å². The van der Waals surface area contributed by atoms with Gasteiger partial charge in [0, 0.05) is 0 Å². The average Bonchev–Trinajstić information content (AvgIpc) is 2.56. The van der Waals surface area contributed by atoms with Crippen LogP contribution in [0.25, 0.3) is 0 Å². The summed E-state index contributed by atoms with van der Waals surface area (Å²) >= 11 is 12.0. The second kappa shape index (κ2) is 6.91. The van der Waals surface area contributed by atoms with Crippen molar-refractivity contribution in [3.63, 3.8) is 0 Å². The van der Waals surface area contributed by atoms with E-state index in [1.807, 2.05) is 36.4 Å². The molecule has 0 atom stereocenters. The maximum Gasteiger partial charge on any atom is 0.0656 e. The number of aliphatic imine (C=N–C) groups is 2. The van der Waals surface area contributed by atoms with Crippen LogP contribution >= 0.6 is 23.2 Å². The Balaban J connectivity index is 1.79. The van der Waals surface area contributed by atoms with Crippen molar-refractivity contribution in [2.75, 3.05) is 11.5 Å². The van der Waals surface area contributed by atoms with Gasteiger partial charge in [0.1, 0.15) is 0 Å². The van der Waals surface area contributed by atoms with Crippen molar-refractivity contribution in [2.24, 2.45) is 9.98 Å². The third-order valence-corrected chi connectivity index (χ3v) is 3.99. The number of rotatable bonds is 2. The van der Waals surface area contributed by atoms with E-state index in [0.717, 1.165) is 22.8 Å². The average molecular weight is 357 g/mol. The van der Waals surface area contributed by atoms with Crippen LogP contribution in [0.5, 0.6) is 0 Å². The van der Waals surface area contributed by atoms with Gasteiger partial charge in [-0.15, -0.1) is 0 Å². The highest BCUT2D eigenvalue weighted by Gasteiger charge is 2.03. The van der Waals surface area contributed by atoms with Crippen LogP contribution in [0.15, 0.2) is 70.7 Å². The molecule has 4 nitrogen and oxygen atoms in total. The second-order valence-electron chi connectivity index (χ2n) is 5.15. The van der Waals surface area contributed by atoms with E-state index in [1.165, 1.54) is 0 Å². The van der Waals surface area contributed by atoms with Crippen molar-refractivity contribution in [1.82, 2.24) is 0 Å². The van der Waals surface area contributed by atoms with Gasteiger partial charge in [-0.1, -0.05) is 23.2 Å². The van der Waals surface area contributed by atoms with Crippen LogP contribution in [0, 0.1) is 0 Å². The molecule has 0 amide bonds. The zero-order chi connectivity index (χ0) is 17.1. The van der Waals surface area contributed by atoms with Gasteiger partial charge in [-0.3, -0.25) is 0 Å². The normalized spacial score (nSPS) is 13.2. The van der Waals surface area contributed by atoms with Gasteiger partial charge >= 0.3 is 0 Å². The summed E-state index contributed by atoms with van der Waals surface area (Å²) in [6, 6.07) is 10.5. The Labute approximate surface area is 149 Å². The molecule has 0 saturated heterocycles. The number of benzene rings is 2. The molecule has 0 spiro atoms. The summed E-state index contributed by atoms with van der Waals surface area (Å²) in [7, 11) is 0. The lowest BCUT2D eigenvalue weighted by atomic mass is 10.1. The zero-order valence-corrected chi connectivity index (χ0v) is 14.1. The van der Waals surface area contributed by atoms with E-state index in [-0.39, 0.29) is 0 Å². The fourth-order valence-corrected chi connectivity index (χ4v) is 2.42. The summed E-state index contributed by atoms with van der Waals surface area (Å²) in [5.41, 5.74) is 15.5. The van der Waals surface area contributed by atoms with E-state index in [1.54, 1.807) is 24.3 Å². The molecule has 1 aliphatic rings. The van der Waals surface area contributed by atoms with E-state index in [0.29, 0.717) is 21.4 Å². The predicted octanol–water partition coefficient (Wildman–Crippen LogP) is 5.13. The molecule has 0 saturated carbocycles. The smallest absolute Gasteiger partial charge is 0.0656 e. The summed E-state index contributed by atoms with van der Waals surface area (Å²) in [4.78, 5) is 9.00. The first-order valence-electron chi connectivity index (χ1n) is 7.15. The monoisotopic (exact) mass is 356 g/mol. The molecule has 0 aliphatic heterocycles. The first kappa shape index (κ1) is 16.3. The molecule has 0 unspecified atom stereocenters. The minimum atomic E-state index is 0.489. The maximum absolute atomic E-state index is 6.00. The summed E-state index contributed by atoms with van der Waals surface area (Å²) in [5, 5.41) is 0.978. The van der Waals surface area contributed by atoms with Crippen LogP contribution in [0.3, 0.4) is 0 Å². The van der Waals surface area contributed by atoms with Gasteiger partial charge in [-0.2, -0.15) is 0 Å². The highest BCUT2D eigenvalue weighted by atomic mass is 35.5. The van der Waals surface area contributed by atoms with Crippen LogP contribution in [0.4, 0.5) is 22.7 Å². The fraction of sp³-hybridized carbons (Fsp3) is 0. The fourth-order valence-electron chi connectivity index (χ4n) is 2.07. The van der Waals surface area contributed by atoms with Crippen molar-refractivity contribution < 1.29 is 0 Å². The summed E-state index contributed by atoms with van der Waals surface area (Å²) in [5.74, 6) is 0. The standard InChI is InChI=1S/C18H14Cl2N4/c19-15-9-13(5-7-17(15)21)23-11-1-2-12(4-3-11)24-14-6-8-18(22)16(20)10-14/h1-10H,21-22H2. The van der Waals surface area contributed by atoms with Crippen LogP contribution in [0.2, 0.25) is 10.0 Å². The van der Waals surface area contributed by atoms with Crippen LogP contribution in [-0.2, 0) is 0 Å². The number of anilines is 2. The quantitative estimate of drug-likeness (QED) is 0.577. The van der Waals surface area contributed by atoms with Gasteiger partial charge in [-0.25, -0.2) is 9.98 Å². The summed E-state index contributed by atoms with van der Waals surface area (Å²) < 4.78 is 0. The topological polar surface area (TPSA) is 76.8 Å². The third kappa shape index (κ3) is 3.85. The van der Waals surface area contributed by atoms with Crippen molar-refractivity contribution >= 4 is 57.4 Å². The molecule has 0 radical (unpaired) electrons. The van der Waals surface area contributed by atoms with Gasteiger partial charge < -0.3 is 11.5 Å². The van der Waals surface area contributed by atoms with Gasteiger partial charge in [0.15, 0.2) is 0 Å². The number of nitrogens with two attached hydrogens (primary N) is 2. The summed E-state index contributed by atoms with van der Waals surface area (Å²) in [6.07, 6.45) is 7.51. The van der Waals surface area contributed by atoms with Crippen LogP contribution in [-0.4, -0.2) is 11.4 Å². The Morgan fingerprint density at radius 3 is 1.33 bits per heavy atom. The Morgan fingerprint density at radius 1 is 0.625 bits per heavy atom. The molecule has 4 N–H and O–H groups in total. The first-order chi connectivity index (χ1) is 11.5. The molecule has 0 fully saturated rings. The minimum Gasteiger partial charge on any atom is -0.398 e. The highest BCUT2D eigenvalue weighted by molar-refractivity contribution is 6.33. The van der Waals surface area contributed by atoms with E-state index >= 15 is 0 Å². The van der Waals surface area contributed by atoms with Crippen molar-refractivity contribution in [3.05, 3.63) is 70.7 Å². The zero-order valence-electron chi connectivity index (χ0n) is 12.6. The number of allylic oxidation sites excluding steroid dienone is 4. The Kier molecular flexibility index (Phi) is 4.69. The molecule has 24 heavy (non-hydrogen) atoms. The lowest BCUT2D eigenvalue weighted by Gasteiger charge is -2.05. The summed E-state index contributed by atoms with van der Waals surface area (Å²) in [6.45, 7) is 0. The first-order valence-corrected chi connectivity index (χ1v) is 7.90. The molecule has 120 valence electrons. The predicted molar refractivity (Wildman–Crippen MR) is 104 cm³/mol. The molecule has 6 heteroatoms. The number of halogens is 2. The Morgan fingerprint density at radius 2 is 1.00 bits per heavy atom. The van der Waals surface area contributed by atoms with Crippen molar-refractivity contribution in [2.45, 2.75) is 0 Å². The van der Waals surface area contributed by atoms with Crippen LogP contribution < -0.4 is 11.5 Å². The van der Waals surface area contributed by atoms with Gasteiger partial charge in [-0.05, 0) is 60.7 Å². The maximum atomic E-state index is 6.00. The number of hydrogen-bond acceptors (Lipinski definition) is 4. The molecule has 0 bridgehead atoms. The molecule has 1 aliphatic carbocycles. The number of hydrogen-bond donors (Lipinski definition) is 2. The van der Waals surface area contributed by atoms with E-state index in [9.17, 15) is 0 Å². The largest absolute Gasteiger partial charge is 0.398 e. The lowest BCUT2D eigenvalue weighted by Crippen LogP contribution is -1.99. The minimum absolute atomic E-state index is 0.489. The molecule has 3 rings (SSSR count).